The highest BCUT2D eigenvalue weighted by molar-refractivity contribution is 6.35. The van der Waals surface area contributed by atoms with Crippen LogP contribution in [-0.4, -0.2) is 7.28 Å². The first kappa shape index (κ1) is 9.89. The molecule has 1 fully saturated rings. The molecule has 0 amide bonds. The quantitative estimate of drug-likeness (QED) is 0.439. The summed E-state index contributed by atoms with van der Waals surface area (Å²) in [5, 5.41) is 0. The molecule has 1 radical (unpaired) electrons. The van der Waals surface area contributed by atoms with Gasteiger partial charge in [0.25, 0.3) is 0 Å². The molecular weight excluding hydrogens is 143 g/mol. The highest BCUT2D eigenvalue weighted by Crippen LogP contribution is 2.43. The minimum absolute atomic E-state index is 0.503. The van der Waals surface area contributed by atoms with E-state index in [9.17, 15) is 0 Å². The molecule has 1 saturated heterocycles. The van der Waals surface area contributed by atoms with Crippen LogP contribution >= 0.6 is 0 Å². The van der Waals surface area contributed by atoms with Crippen LogP contribution in [0.3, 0.4) is 0 Å². The Bertz CT molecular complexity index is 149. The Morgan fingerprint density at radius 3 is 2.42 bits per heavy atom. The third-order valence-corrected chi connectivity index (χ3v) is 3.29. The van der Waals surface area contributed by atoms with Crippen molar-refractivity contribution in [1.29, 1.82) is 0 Å². The number of allylic oxidation sites excluding steroid dienone is 1. The molecule has 67 valence electrons. The topological polar surface area (TPSA) is 0 Å². The number of rotatable bonds is 3. The van der Waals surface area contributed by atoms with Gasteiger partial charge in [0.1, 0.15) is 7.28 Å². The first-order chi connectivity index (χ1) is 5.71. The average Bonchev–Trinajstić information content (AvgIpc) is 2.06. The van der Waals surface area contributed by atoms with Gasteiger partial charge in [0.05, 0.1) is 0 Å². The molecule has 0 nitrogen and oxygen atoms in total. The molecule has 1 heterocycles. The van der Waals surface area contributed by atoms with Gasteiger partial charge >= 0.3 is 0 Å². The second-order valence-electron chi connectivity index (χ2n) is 4.18. The van der Waals surface area contributed by atoms with Crippen LogP contribution in [-0.2, 0) is 0 Å². The average molecular weight is 163 g/mol. The Hall–Kier alpha value is -0.195. The van der Waals surface area contributed by atoms with Gasteiger partial charge in [-0.1, -0.05) is 51.0 Å². The summed E-state index contributed by atoms with van der Waals surface area (Å²) in [6, 6.07) is 0. The SMILES string of the molecule is C=C(C)C1(CCC)CC[B]CC1. The molecule has 0 aromatic carbocycles. The molecule has 1 aliphatic heterocycles. The van der Waals surface area contributed by atoms with Gasteiger partial charge < -0.3 is 0 Å². The fourth-order valence-electron chi connectivity index (χ4n) is 2.39. The van der Waals surface area contributed by atoms with E-state index in [4.69, 9.17) is 0 Å². The predicted octanol–water partition coefficient (Wildman–Crippen LogP) is 3.68. The summed E-state index contributed by atoms with van der Waals surface area (Å²) in [5.41, 5.74) is 1.92. The van der Waals surface area contributed by atoms with E-state index in [1.807, 2.05) is 0 Å². The molecule has 0 spiro atoms. The van der Waals surface area contributed by atoms with E-state index in [0.717, 1.165) is 0 Å². The normalized spacial score (nSPS) is 21.5. The van der Waals surface area contributed by atoms with E-state index in [1.165, 1.54) is 43.9 Å². The number of hydrogen-bond donors (Lipinski definition) is 0. The second-order valence-corrected chi connectivity index (χ2v) is 4.18. The standard InChI is InChI=1S/C11H20B/c1-4-5-11(10(2)3)6-8-12-9-7-11/h2,4-9H2,1,3H3. The Labute approximate surface area is 77.7 Å². The first-order valence-electron chi connectivity index (χ1n) is 5.19. The lowest BCUT2D eigenvalue weighted by Gasteiger charge is -2.38. The van der Waals surface area contributed by atoms with Crippen molar-refractivity contribution in [2.75, 3.05) is 0 Å². The molecule has 0 aromatic rings. The largest absolute Gasteiger partial charge is 0.109 e. The van der Waals surface area contributed by atoms with Gasteiger partial charge in [-0.25, -0.2) is 0 Å². The maximum atomic E-state index is 4.16. The van der Waals surface area contributed by atoms with Gasteiger partial charge in [0.15, 0.2) is 0 Å². The maximum Gasteiger partial charge on any atom is 0.109 e. The van der Waals surface area contributed by atoms with Gasteiger partial charge in [-0.05, 0) is 18.8 Å². The smallest absolute Gasteiger partial charge is 0.0996 e. The number of hydrogen-bond acceptors (Lipinski definition) is 0. The molecule has 12 heavy (non-hydrogen) atoms. The molecular formula is C11H20B. The molecule has 1 rings (SSSR count). The highest BCUT2D eigenvalue weighted by atomic mass is 14.3. The molecule has 1 heteroatoms. The van der Waals surface area contributed by atoms with Crippen molar-refractivity contribution in [1.82, 2.24) is 0 Å². The predicted molar refractivity (Wildman–Crippen MR) is 56.8 cm³/mol. The summed E-state index contributed by atoms with van der Waals surface area (Å²) in [6.07, 6.45) is 7.93. The van der Waals surface area contributed by atoms with Crippen LogP contribution in [0.4, 0.5) is 0 Å². The summed E-state index contributed by atoms with van der Waals surface area (Å²) in [5.74, 6) is 0. The molecule has 0 atom stereocenters. The Morgan fingerprint density at radius 2 is 2.00 bits per heavy atom. The third kappa shape index (κ3) is 1.94. The minimum Gasteiger partial charge on any atom is -0.0996 e. The van der Waals surface area contributed by atoms with Crippen LogP contribution < -0.4 is 0 Å². The van der Waals surface area contributed by atoms with Gasteiger partial charge in [0, 0.05) is 0 Å². The zero-order chi connectivity index (χ0) is 9.03. The summed E-state index contributed by atoms with van der Waals surface area (Å²) >= 11 is 0. The molecule has 0 saturated carbocycles. The molecule has 0 bridgehead atoms. The lowest BCUT2D eigenvalue weighted by atomic mass is 9.53. The highest BCUT2D eigenvalue weighted by Gasteiger charge is 2.31. The van der Waals surface area contributed by atoms with Crippen molar-refractivity contribution in [3.63, 3.8) is 0 Å². The van der Waals surface area contributed by atoms with Gasteiger partial charge in [0.2, 0.25) is 0 Å². The fourth-order valence-corrected chi connectivity index (χ4v) is 2.39. The van der Waals surface area contributed by atoms with E-state index < -0.39 is 0 Å². The zero-order valence-corrected chi connectivity index (χ0v) is 8.53. The second kappa shape index (κ2) is 4.16. The van der Waals surface area contributed by atoms with E-state index in [2.05, 4.69) is 27.7 Å². The monoisotopic (exact) mass is 163 g/mol. The molecule has 0 N–H and O–H groups in total. The maximum absolute atomic E-state index is 4.16. The Kier molecular flexibility index (Phi) is 3.43. The van der Waals surface area contributed by atoms with Gasteiger partial charge in [-0.15, -0.1) is 0 Å². The van der Waals surface area contributed by atoms with E-state index in [-0.39, 0.29) is 0 Å². The van der Waals surface area contributed by atoms with Crippen LogP contribution in [0, 0.1) is 5.41 Å². The third-order valence-electron chi connectivity index (χ3n) is 3.29. The van der Waals surface area contributed by atoms with E-state index >= 15 is 0 Å². The minimum atomic E-state index is 0.503. The molecule has 0 unspecified atom stereocenters. The summed E-state index contributed by atoms with van der Waals surface area (Å²) in [4.78, 5) is 0. The van der Waals surface area contributed by atoms with Crippen molar-refractivity contribution < 1.29 is 0 Å². The molecule has 0 aromatic heterocycles. The van der Waals surface area contributed by atoms with Crippen molar-refractivity contribution in [2.45, 2.75) is 52.2 Å². The lowest BCUT2D eigenvalue weighted by Crippen LogP contribution is -2.26. The van der Waals surface area contributed by atoms with Gasteiger partial charge in [-0.3, -0.25) is 0 Å². The van der Waals surface area contributed by atoms with Crippen molar-refractivity contribution in [3.05, 3.63) is 12.2 Å². The van der Waals surface area contributed by atoms with Crippen molar-refractivity contribution in [2.24, 2.45) is 5.41 Å². The fraction of sp³-hybridized carbons (Fsp3) is 0.818. The molecule has 0 aliphatic carbocycles. The van der Waals surface area contributed by atoms with Crippen LogP contribution in [0.25, 0.3) is 0 Å². The van der Waals surface area contributed by atoms with Crippen molar-refractivity contribution in [3.8, 4) is 0 Å². The van der Waals surface area contributed by atoms with E-state index in [1.54, 1.807) is 0 Å². The summed E-state index contributed by atoms with van der Waals surface area (Å²) in [7, 11) is 2.43. The van der Waals surface area contributed by atoms with Crippen LogP contribution in [0.2, 0.25) is 12.6 Å². The molecule has 1 aliphatic rings. The van der Waals surface area contributed by atoms with Crippen molar-refractivity contribution >= 4 is 7.28 Å². The van der Waals surface area contributed by atoms with Crippen LogP contribution in [0.1, 0.15) is 39.5 Å². The van der Waals surface area contributed by atoms with Crippen LogP contribution in [0.5, 0.6) is 0 Å². The van der Waals surface area contributed by atoms with E-state index in [0.29, 0.717) is 5.41 Å². The summed E-state index contributed by atoms with van der Waals surface area (Å²) in [6.45, 7) is 8.65. The zero-order valence-electron chi connectivity index (χ0n) is 8.53. The first-order valence-corrected chi connectivity index (χ1v) is 5.19. The summed E-state index contributed by atoms with van der Waals surface area (Å²) < 4.78 is 0. The lowest BCUT2D eigenvalue weighted by molar-refractivity contribution is 0.288. The Balaban J connectivity index is 2.63. The Morgan fingerprint density at radius 1 is 1.42 bits per heavy atom. The van der Waals surface area contributed by atoms with Crippen LogP contribution in [0.15, 0.2) is 12.2 Å². The van der Waals surface area contributed by atoms with Gasteiger partial charge in [-0.2, -0.15) is 0 Å².